The van der Waals surface area contributed by atoms with Crippen molar-refractivity contribution in [1.29, 1.82) is 0 Å². The lowest BCUT2D eigenvalue weighted by molar-refractivity contribution is -0.136. The summed E-state index contributed by atoms with van der Waals surface area (Å²) in [6, 6.07) is 0.335. The minimum atomic E-state index is 0.335. The molecular weight excluding hydrogens is 164 g/mol. The number of carbonyl (C=O) groups is 1. The largest absolute Gasteiger partial charge is 0.338 e. The van der Waals surface area contributed by atoms with Crippen molar-refractivity contribution < 1.29 is 4.79 Å². The van der Waals surface area contributed by atoms with Gasteiger partial charge in [0, 0.05) is 25.0 Å². The van der Waals surface area contributed by atoms with Gasteiger partial charge >= 0.3 is 0 Å². The van der Waals surface area contributed by atoms with Gasteiger partial charge in [-0.05, 0) is 32.1 Å². The molecule has 1 atom stereocenters. The Hall–Kier alpha value is -0.570. The maximum Gasteiger partial charge on any atom is 0.225 e. The van der Waals surface area contributed by atoms with Crippen LogP contribution in [0.5, 0.6) is 0 Å². The van der Waals surface area contributed by atoms with E-state index in [1.54, 1.807) is 0 Å². The summed E-state index contributed by atoms with van der Waals surface area (Å²) < 4.78 is 0. The highest BCUT2D eigenvalue weighted by atomic mass is 16.2. The van der Waals surface area contributed by atoms with Crippen molar-refractivity contribution in [2.75, 3.05) is 13.1 Å². The Morgan fingerprint density at radius 2 is 2.08 bits per heavy atom. The van der Waals surface area contributed by atoms with Crippen LogP contribution in [-0.4, -0.2) is 29.9 Å². The van der Waals surface area contributed by atoms with Crippen molar-refractivity contribution in [3.63, 3.8) is 0 Å². The number of nitrogens with zero attached hydrogens (tertiary/aromatic N) is 1. The lowest BCUT2D eigenvalue weighted by Crippen LogP contribution is -2.48. The molecule has 1 unspecified atom stereocenters. The summed E-state index contributed by atoms with van der Waals surface area (Å²) in [5.74, 6) is 0.724. The van der Waals surface area contributed by atoms with Crippen LogP contribution in [0.25, 0.3) is 0 Å². The maximum absolute atomic E-state index is 11.8. The Balaban J connectivity index is 1.96. The molecule has 3 nitrogen and oxygen atoms in total. The Bertz CT molecular complexity index is 201. The van der Waals surface area contributed by atoms with E-state index in [-0.39, 0.29) is 0 Å². The summed E-state index contributed by atoms with van der Waals surface area (Å²) in [7, 11) is 0. The molecule has 0 bridgehead atoms. The van der Waals surface area contributed by atoms with Crippen molar-refractivity contribution in [3.05, 3.63) is 0 Å². The number of piperidine rings is 1. The van der Waals surface area contributed by atoms with E-state index in [0.29, 0.717) is 24.4 Å². The minimum absolute atomic E-state index is 0.335. The van der Waals surface area contributed by atoms with Crippen LogP contribution in [0.4, 0.5) is 0 Å². The van der Waals surface area contributed by atoms with Crippen LogP contribution in [0.1, 0.15) is 32.1 Å². The number of carbonyl (C=O) groups excluding carboxylic acids is 1. The molecule has 1 aliphatic heterocycles. The van der Waals surface area contributed by atoms with Crippen molar-refractivity contribution in [3.8, 4) is 0 Å². The molecule has 3 heteroatoms. The molecule has 2 rings (SSSR count). The van der Waals surface area contributed by atoms with E-state index >= 15 is 0 Å². The fourth-order valence-corrected chi connectivity index (χ4v) is 2.10. The Morgan fingerprint density at radius 1 is 1.31 bits per heavy atom. The quantitative estimate of drug-likeness (QED) is 0.684. The highest BCUT2D eigenvalue weighted by Crippen LogP contribution is 2.33. The first-order valence-corrected chi connectivity index (χ1v) is 5.33. The molecule has 0 spiro atoms. The van der Waals surface area contributed by atoms with Crippen LogP contribution in [0.3, 0.4) is 0 Å². The van der Waals surface area contributed by atoms with Gasteiger partial charge in [-0.25, -0.2) is 0 Å². The fraction of sp³-hybridized carbons (Fsp3) is 0.900. The van der Waals surface area contributed by atoms with Crippen LogP contribution in [-0.2, 0) is 4.79 Å². The second kappa shape index (κ2) is 3.66. The van der Waals surface area contributed by atoms with Crippen LogP contribution < -0.4 is 5.73 Å². The standard InChI is InChI=1S/C10H18N2O/c11-7-9-3-1-2-6-12(9)10(13)8-4-5-8/h8-9H,1-7,11H2. The molecule has 0 aromatic heterocycles. The third kappa shape index (κ3) is 1.85. The molecule has 0 radical (unpaired) electrons. The van der Waals surface area contributed by atoms with Gasteiger partial charge in [-0.1, -0.05) is 0 Å². The zero-order chi connectivity index (χ0) is 9.26. The topological polar surface area (TPSA) is 46.3 Å². The SMILES string of the molecule is NCC1CCCCN1C(=O)C1CC1. The second-order valence-electron chi connectivity index (χ2n) is 4.19. The van der Waals surface area contributed by atoms with E-state index in [1.807, 2.05) is 4.90 Å². The van der Waals surface area contributed by atoms with E-state index < -0.39 is 0 Å². The lowest BCUT2D eigenvalue weighted by Gasteiger charge is -2.35. The number of likely N-dealkylation sites (tertiary alicyclic amines) is 1. The minimum Gasteiger partial charge on any atom is -0.338 e. The highest BCUT2D eigenvalue weighted by molar-refractivity contribution is 5.81. The summed E-state index contributed by atoms with van der Waals surface area (Å²) in [6.45, 7) is 1.58. The van der Waals surface area contributed by atoms with E-state index in [0.717, 1.165) is 32.2 Å². The van der Waals surface area contributed by atoms with Crippen LogP contribution >= 0.6 is 0 Å². The zero-order valence-electron chi connectivity index (χ0n) is 8.04. The molecule has 0 aromatic carbocycles. The molecule has 2 fully saturated rings. The number of amides is 1. The maximum atomic E-state index is 11.8. The Morgan fingerprint density at radius 3 is 2.69 bits per heavy atom. The van der Waals surface area contributed by atoms with Gasteiger partial charge in [0.15, 0.2) is 0 Å². The van der Waals surface area contributed by atoms with Gasteiger partial charge in [-0.15, -0.1) is 0 Å². The Kier molecular flexibility index (Phi) is 2.54. The van der Waals surface area contributed by atoms with E-state index in [1.165, 1.54) is 6.42 Å². The molecule has 74 valence electrons. The van der Waals surface area contributed by atoms with Gasteiger partial charge in [-0.2, -0.15) is 0 Å². The number of hydrogen-bond donors (Lipinski definition) is 1. The van der Waals surface area contributed by atoms with E-state index in [4.69, 9.17) is 5.73 Å². The van der Waals surface area contributed by atoms with Gasteiger partial charge in [0.1, 0.15) is 0 Å². The van der Waals surface area contributed by atoms with Crippen molar-refractivity contribution in [2.24, 2.45) is 11.7 Å². The van der Waals surface area contributed by atoms with Crippen LogP contribution in [0.2, 0.25) is 0 Å². The summed E-state index contributed by atoms with van der Waals surface area (Å²) in [5, 5.41) is 0. The third-order valence-electron chi connectivity index (χ3n) is 3.11. The fourth-order valence-electron chi connectivity index (χ4n) is 2.10. The smallest absolute Gasteiger partial charge is 0.225 e. The number of nitrogens with two attached hydrogens (primary N) is 1. The molecule has 13 heavy (non-hydrogen) atoms. The molecule has 1 heterocycles. The average molecular weight is 182 g/mol. The summed E-state index contributed by atoms with van der Waals surface area (Å²) in [6.07, 6.45) is 5.71. The summed E-state index contributed by atoms with van der Waals surface area (Å²) in [5.41, 5.74) is 5.66. The van der Waals surface area contributed by atoms with Gasteiger partial charge in [0.25, 0.3) is 0 Å². The molecule has 1 saturated heterocycles. The van der Waals surface area contributed by atoms with E-state index in [9.17, 15) is 4.79 Å². The van der Waals surface area contributed by atoms with Crippen LogP contribution in [0.15, 0.2) is 0 Å². The molecule has 1 amide bonds. The summed E-state index contributed by atoms with van der Waals surface area (Å²) in [4.78, 5) is 13.8. The number of hydrogen-bond acceptors (Lipinski definition) is 2. The first-order chi connectivity index (χ1) is 6.33. The number of rotatable bonds is 2. The van der Waals surface area contributed by atoms with Gasteiger partial charge in [-0.3, -0.25) is 4.79 Å². The van der Waals surface area contributed by atoms with Crippen LogP contribution in [0, 0.1) is 5.92 Å². The third-order valence-corrected chi connectivity index (χ3v) is 3.11. The Labute approximate surface area is 79.3 Å². The summed E-state index contributed by atoms with van der Waals surface area (Å²) >= 11 is 0. The lowest BCUT2D eigenvalue weighted by atomic mass is 10.0. The van der Waals surface area contributed by atoms with Gasteiger partial charge < -0.3 is 10.6 Å². The molecule has 1 aliphatic carbocycles. The molecule has 0 aromatic rings. The van der Waals surface area contributed by atoms with Gasteiger partial charge in [0.05, 0.1) is 0 Å². The van der Waals surface area contributed by atoms with Crippen molar-refractivity contribution in [2.45, 2.75) is 38.1 Å². The van der Waals surface area contributed by atoms with Gasteiger partial charge in [0.2, 0.25) is 5.91 Å². The highest BCUT2D eigenvalue weighted by Gasteiger charge is 2.36. The predicted molar refractivity (Wildman–Crippen MR) is 51.1 cm³/mol. The van der Waals surface area contributed by atoms with Crippen molar-refractivity contribution in [1.82, 2.24) is 4.90 Å². The van der Waals surface area contributed by atoms with E-state index in [2.05, 4.69) is 0 Å². The molecular formula is C10H18N2O. The normalized spacial score (nSPS) is 29.0. The first kappa shape index (κ1) is 9.00. The average Bonchev–Trinajstić information content (AvgIpc) is 3.00. The molecule has 2 aliphatic rings. The monoisotopic (exact) mass is 182 g/mol. The predicted octanol–water partition coefficient (Wildman–Crippen LogP) is 0.736. The first-order valence-electron chi connectivity index (χ1n) is 5.33. The van der Waals surface area contributed by atoms with Crippen molar-refractivity contribution >= 4 is 5.91 Å². The zero-order valence-corrected chi connectivity index (χ0v) is 8.04. The molecule has 1 saturated carbocycles. The molecule has 2 N–H and O–H groups in total. The second-order valence-corrected chi connectivity index (χ2v) is 4.19.